The second-order valence-corrected chi connectivity index (χ2v) is 4.23. The Hall–Kier alpha value is -0.790. The maximum absolute atomic E-state index is 11.0. The van der Waals surface area contributed by atoms with Gasteiger partial charge in [-0.3, -0.25) is 0 Å². The van der Waals surface area contributed by atoms with Crippen molar-refractivity contribution in [1.82, 2.24) is 0 Å². The smallest absolute Gasteiger partial charge is 0.331 e. The average Bonchev–Trinajstić information content (AvgIpc) is 2.24. The van der Waals surface area contributed by atoms with Crippen LogP contribution in [0.4, 0.5) is 0 Å². The van der Waals surface area contributed by atoms with Gasteiger partial charge in [0.05, 0.1) is 0 Å². The molecule has 0 aromatic rings. The third kappa shape index (κ3) is 3.69. The largest absolute Gasteiger partial charge is 0.478 e. The summed E-state index contributed by atoms with van der Waals surface area (Å²) < 4.78 is 0. The topological polar surface area (TPSA) is 37.3 Å². The molecule has 15 heavy (non-hydrogen) atoms. The molecule has 0 rings (SSSR count). The van der Waals surface area contributed by atoms with E-state index in [2.05, 4.69) is 27.4 Å². The predicted molar refractivity (Wildman–Crippen MR) is 63.9 cm³/mol. The average molecular weight is 212 g/mol. The Morgan fingerprint density at radius 2 is 1.73 bits per heavy atom. The molecule has 0 aromatic carbocycles. The lowest BCUT2D eigenvalue weighted by Gasteiger charge is -2.32. The fourth-order valence-electron chi connectivity index (χ4n) is 2.12. The summed E-state index contributed by atoms with van der Waals surface area (Å²) in [6.45, 7) is 10.0. The minimum atomic E-state index is -0.838. The molecule has 0 aliphatic heterocycles. The van der Waals surface area contributed by atoms with Gasteiger partial charge in [0.25, 0.3) is 0 Å². The highest BCUT2D eigenvalue weighted by Gasteiger charge is 2.32. The van der Waals surface area contributed by atoms with E-state index in [0.717, 1.165) is 25.7 Å². The minimum absolute atomic E-state index is 0.180. The van der Waals surface area contributed by atoms with Crippen LogP contribution >= 0.6 is 0 Å². The molecule has 0 saturated carbocycles. The van der Waals surface area contributed by atoms with Crippen LogP contribution in [0.1, 0.15) is 59.3 Å². The van der Waals surface area contributed by atoms with E-state index in [0.29, 0.717) is 5.57 Å². The summed E-state index contributed by atoms with van der Waals surface area (Å²) in [5.41, 5.74) is 0.213. The van der Waals surface area contributed by atoms with Crippen LogP contribution < -0.4 is 0 Å². The molecule has 0 spiro atoms. The molecule has 0 atom stereocenters. The van der Waals surface area contributed by atoms with Crippen molar-refractivity contribution < 1.29 is 9.90 Å². The molecule has 2 heteroatoms. The molecule has 0 aromatic heterocycles. The van der Waals surface area contributed by atoms with Gasteiger partial charge in [-0.15, -0.1) is 0 Å². The number of hydrogen-bond acceptors (Lipinski definition) is 1. The molecule has 0 heterocycles. The summed E-state index contributed by atoms with van der Waals surface area (Å²) in [4.78, 5) is 11.0. The number of aliphatic carboxylic acids is 1. The lowest BCUT2D eigenvalue weighted by molar-refractivity contribution is -0.134. The van der Waals surface area contributed by atoms with Crippen LogP contribution in [0, 0.1) is 5.41 Å². The molecular weight excluding hydrogens is 188 g/mol. The Labute approximate surface area is 93.4 Å². The molecule has 0 fully saturated rings. The van der Waals surface area contributed by atoms with E-state index in [4.69, 9.17) is 5.11 Å². The fourth-order valence-corrected chi connectivity index (χ4v) is 2.12. The summed E-state index contributed by atoms with van der Waals surface area (Å²) >= 11 is 0. The van der Waals surface area contributed by atoms with Crippen molar-refractivity contribution >= 4 is 5.97 Å². The number of rotatable bonds is 8. The number of carboxylic acid groups (broad SMARTS) is 1. The lowest BCUT2D eigenvalue weighted by atomic mass is 9.72. The van der Waals surface area contributed by atoms with Crippen LogP contribution in [0.25, 0.3) is 0 Å². The van der Waals surface area contributed by atoms with Crippen LogP contribution in [0.15, 0.2) is 12.2 Å². The number of carboxylic acids is 1. The van der Waals surface area contributed by atoms with Crippen molar-refractivity contribution in [1.29, 1.82) is 0 Å². The zero-order valence-corrected chi connectivity index (χ0v) is 10.3. The van der Waals surface area contributed by atoms with E-state index < -0.39 is 5.97 Å². The maximum atomic E-state index is 11.0. The predicted octanol–water partition coefficient (Wildman–Crippen LogP) is 4.01. The van der Waals surface area contributed by atoms with Crippen LogP contribution in [0.5, 0.6) is 0 Å². The van der Waals surface area contributed by atoms with Crippen molar-refractivity contribution in [2.24, 2.45) is 5.41 Å². The van der Waals surface area contributed by atoms with Gasteiger partial charge in [-0.25, -0.2) is 4.79 Å². The van der Waals surface area contributed by atoms with E-state index in [-0.39, 0.29) is 5.41 Å². The van der Waals surface area contributed by atoms with Gasteiger partial charge < -0.3 is 5.11 Å². The van der Waals surface area contributed by atoms with Crippen molar-refractivity contribution in [2.45, 2.75) is 59.3 Å². The normalized spacial score (nSPS) is 11.4. The number of carbonyl (C=O) groups is 1. The highest BCUT2D eigenvalue weighted by molar-refractivity contribution is 5.87. The van der Waals surface area contributed by atoms with Gasteiger partial charge in [0.2, 0.25) is 0 Å². The Kier molecular flexibility index (Phi) is 6.30. The van der Waals surface area contributed by atoms with Gasteiger partial charge in [0.1, 0.15) is 0 Å². The fraction of sp³-hybridized carbons (Fsp3) is 0.769. The molecule has 0 radical (unpaired) electrons. The van der Waals surface area contributed by atoms with E-state index in [1.165, 1.54) is 12.8 Å². The molecule has 0 aliphatic carbocycles. The molecule has 0 aliphatic rings. The van der Waals surface area contributed by atoms with Crippen molar-refractivity contribution in [2.75, 3.05) is 0 Å². The summed E-state index contributed by atoms with van der Waals surface area (Å²) in [6, 6.07) is 0. The first kappa shape index (κ1) is 14.2. The van der Waals surface area contributed by atoms with Crippen LogP contribution in [-0.4, -0.2) is 11.1 Å². The third-order valence-corrected chi connectivity index (χ3v) is 3.51. The molecule has 0 unspecified atom stereocenters. The van der Waals surface area contributed by atoms with E-state index in [1.54, 1.807) is 0 Å². The van der Waals surface area contributed by atoms with Crippen LogP contribution in [-0.2, 0) is 4.79 Å². The maximum Gasteiger partial charge on any atom is 0.331 e. The van der Waals surface area contributed by atoms with E-state index in [1.807, 2.05) is 0 Å². The first-order valence-corrected chi connectivity index (χ1v) is 5.96. The summed E-state index contributed by atoms with van der Waals surface area (Å²) in [6.07, 6.45) is 6.15. The molecular formula is C13H24O2. The van der Waals surface area contributed by atoms with Gasteiger partial charge in [-0.1, -0.05) is 46.6 Å². The highest BCUT2D eigenvalue weighted by Crippen LogP contribution is 2.39. The minimum Gasteiger partial charge on any atom is -0.478 e. The van der Waals surface area contributed by atoms with Gasteiger partial charge in [0, 0.05) is 11.0 Å². The van der Waals surface area contributed by atoms with Crippen LogP contribution in [0.2, 0.25) is 0 Å². The van der Waals surface area contributed by atoms with Gasteiger partial charge in [-0.2, -0.15) is 0 Å². The quantitative estimate of drug-likeness (QED) is 0.487. The van der Waals surface area contributed by atoms with Crippen molar-refractivity contribution in [3.05, 3.63) is 12.2 Å². The van der Waals surface area contributed by atoms with Crippen molar-refractivity contribution in [3.63, 3.8) is 0 Å². The molecule has 0 saturated heterocycles. The van der Waals surface area contributed by atoms with Gasteiger partial charge >= 0.3 is 5.97 Å². The summed E-state index contributed by atoms with van der Waals surface area (Å²) in [5, 5.41) is 9.04. The molecule has 88 valence electrons. The molecule has 2 nitrogen and oxygen atoms in total. The number of unbranched alkanes of at least 4 members (excludes halogenated alkanes) is 2. The van der Waals surface area contributed by atoms with Crippen molar-refractivity contribution in [3.8, 4) is 0 Å². The Balaban J connectivity index is 4.57. The summed E-state index contributed by atoms with van der Waals surface area (Å²) in [5.74, 6) is -0.838. The van der Waals surface area contributed by atoms with E-state index >= 15 is 0 Å². The third-order valence-electron chi connectivity index (χ3n) is 3.51. The van der Waals surface area contributed by atoms with E-state index in [9.17, 15) is 4.79 Å². The summed E-state index contributed by atoms with van der Waals surface area (Å²) in [7, 11) is 0. The van der Waals surface area contributed by atoms with Gasteiger partial charge in [0.15, 0.2) is 0 Å². The Morgan fingerprint density at radius 1 is 1.20 bits per heavy atom. The first-order valence-electron chi connectivity index (χ1n) is 5.96. The Morgan fingerprint density at radius 3 is 2.07 bits per heavy atom. The first-order chi connectivity index (χ1) is 7.04. The second kappa shape index (κ2) is 6.65. The standard InChI is InChI=1S/C13H24O2/c1-5-8-9-10-13(6-2,7-3)11(4)12(14)15/h4-10H2,1-3H3,(H,14,15). The monoisotopic (exact) mass is 212 g/mol. The highest BCUT2D eigenvalue weighted by atomic mass is 16.4. The molecule has 0 bridgehead atoms. The number of hydrogen-bond donors (Lipinski definition) is 1. The Bertz CT molecular complexity index is 215. The SMILES string of the molecule is C=C(C(=O)O)C(CC)(CC)CCCCC. The zero-order valence-electron chi connectivity index (χ0n) is 10.3. The molecule has 0 amide bonds. The zero-order chi connectivity index (χ0) is 11.9. The second-order valence-electron chi connectivity index (χ2n) is 4.23. The molecule has 1 N–H and O–H groups in total. The lowest BCUT2D eigenvalue weighted by Crippen LogP contribution is -2.26. The van der Waals surface area contributed by atoms with Crippen LogP contribution in [0.3, 0.4) is 0 Å². The van der Waals surface area contributed by atoms with Gasteiger partial charge in [-0.05, 0) is 19.3 Å².